The standard InChI is InChI=1S/C26H32BrN5O7/c1-26(2,3)14-6-18(23(38)19(27)7-14)20(9-22(36)37)32-21(35)12-28-24(39)13-4-15(8-16(33)5-13)31-25-29-10-17(34)11-30-25/h4-8,17,20,33-34,38H,9-12H2,1-3H3,(H,28,39)(H,32,35)(H,36,37)(H2,29,30,31). The number of aromatic hydroxyl groups is 2. The Morgan fingerprint density at radius 3 is 2.49 bits per heavy atom. The van der Waals surface area contributed by atoms with Crippen molar-refractivity contribution in [2.24, 2.45) is 4.99 Å². The maximum atomic E-state index is 12.7. The summed E-state index contributed by atoms with van der Waals surface area (Å²) < 4.78 is 0.363. The van der Waals surface area contributed by atoms with Gasteiger partial charge in [-0.3, -0.25) is 19.4 Å². The number of benzene rings is 2. The Labute approximate surface area is 233 Å². The summed E-state index contributed by atoms with van der Waals surface area (Å²) in [4.78, 5) is 41.1. The number of anilines is 1. The van der Waals surface area contributed by atoms with Gasteiger partial charge in [-0.05, 0) is 51.2 Å². The smallest absolute Gasteiger partial charge is 0.305 e. The van der Waals surface area contributed by atoms with Crippen LogP contribution in [0, 0.1) is 0 Å². The Kier molecular flexibility index (Phi) is 9.41. The number of guanidine groups is 1. The molecule has 2 aromatic carbocycles. The molecule has 0 bridgehead atoms. The summed E-state index contributed by atoms with van der Waals surface area (Å²) in [7, 11) is 0. The summed E-state index contributed by atoms with van der Waals surface area (Å²) in [5, 5.41) is 50.5. The van der Waals surface area contributed by atoms with Crippen LogP contribution >= 0.6 is 15.9 Å². The predicted molar refractivity (Wildman–Crippen MR) is 148 cm³/mol. The summed E-state index contributed by atoms with van der Waals surface area (Å²) in [6.07, 6.45) is -1.10. The Morgan fingerprint density at radius 1 is 1.15 bits per heavy atom. The van der Waals surface area contributed by atoms with E-state index in [4.69, 9.17) is 0 Å². The first-order valence-electron chi connectivity index (χ1n) is 12.1. The van der Waals surface area contributed by atoms with Crippen molar-refractivity contribution in [3.05, 3.63) is 51.5 Å². The molecular formula is C26H32BrN5O7. The van der Waals surface area contributed by atoms with Crippen molar-refractivity contribution in [2.45, 2.75) is 44.8 Å². The van der Waals surface area contributed by atoms with Crippen LogP contribution in [0.25, 0.3) is 0 Å². The molecule has 39 heavy (non-hydrogen) atoms. The van der Waals surface area contributed by atoms with Gasteiger partial charge in [0.15, 0.2) is 5.96 Å². The third-order valence-corrected chi connectivity index (χ3v) is 6.47. The van der Waals surface area contributed by atoms with Crippen LogP contribution in [0.5, 0.6) is 11.5 Å². The van der Waals surface area contributed by atoms with Gasteiger partial charge in [0.05, 0.1) is 36.1 Å². The Hall–Kier alpha value is -3.84. The van der Waals surface area contributed by atoms with E-state index in [1.54, 1.807) is 12.1 Å². The first kappa shape index (κ1) is 29.7. The largest absolute Gasteiger partial charge is 0.508 e. The molecule has 1 aliphatic heterocycles. The lowest BCUT2D eigenvalue weighted by Crippen LogP contribution is -2.42. The quantitative estimate of drug-likeness (QED) is 0.222. The molecule has 1 aliphatic rings. The molecule has 2 aromatic rings. The first-order valence-corrected chi connectivity index (χ1v) is 12.9. The minimum absolute atomic E-state index is 0.0586. The summed E-state index contributed by atoms with van der Waals surface area (Å²) in [5.41, 5.74) is 1.15. The molecule has 0 aromatic heterocycles. The van der Waals surface area contributed by atoms with E-state index in [1.165, 1.54) is 18.2 Å². The van der Waals surface area contributed by atoms with Gasteiger partial charge in [-0.1, -0.05) is 20.8 Å². The van der Waals surface area contributed by atoms with Gasteiger partial charge in [-0.2, -0.15) is 0 Å². The van der Waals surface area contributed by atoms with E-state index in [2.05, 4.69) is 42.2 Å². The fraction of sp³-hybridized carbons (Fsp3) is 0.385. The van der Waals surface area contributed by atoms with Crippen molar-refractivity contribution in [3.8, 4) is 11.5 Å². The van der Waals surface area contributed by atoms with E-state index in [0.717, 1.165) is 5.56 Å². The summed E-state index contributed by atoms with van der Waals surface area (Å²) >= 11 is 3.30. The van der Waals surface area contributed by atoms with Crippen molar-refractivity contribution < 1.29 is 34.8 Å². The molecule has 8 N–H and O–H groups in total. The second-order valence-corrected chi connectivity index (χ2v) is 11.0. The maximum Gasteiger partial charge on any atom is 0.305 e. The van der Waals surface area contributed by atoms with Crippen molar-refractivity contribution in [1.82, 2.24) is 16.0 Å². The van der Waals surface area contributed by atoms with Gasteiger partial charge in [-0.15, -0.1) is 0 Å². The Bertz CT molecular complexity index is 1290. The van der Waals surface area contributed by atoms with Crippen LogP contribution < -0.4 is 21.3 Å². The highest BCUT2D eigenvalue weighted by molar-refractivity contribution is 9.10. The normalized spacial score (nSPS) is 15.9. The van der Waals surface area contributed by atoms with Gasteiger partial charge < -0.3 is 41.7 Å². The van der Waals surface area contributed by atoms with E-state index in [-0.39, 0.29) is 34.6 Å². The Balaban J connectivity index is 1.71. The molecule has 0 saturated carbocycles. The van der Waals surface area contributed by atoms with Crippen molar-refractivity contribution in [3.63, 3.8) is 0 Å². The summed E-state index contributed by atoms with van der Waals surface area (Å²) in [6.45, 7) is 5.89. The number of carboxylic acids is 1. The lowest BCUT2D eigenvalue weighted by Gasteiger charge is -2.25. The molecule has 0 aliphatic carbocycles. The van der Waals surface area contributed by atoms with Crippen LogP contribution in [0.15, 0.2) is 39.8 Å². The van der Waals surface area contributed by atoms with Gasteiger partial charge in [0.25, 0.3) is 5.91 Å². The summed E-state index contributed by atoms with van der Waals surface area (Å²) in [5.74, 6) is -2.55. The topological polar surface area (TPSA) is 193 Å². The number of rotatable bonds is 8. The predicted octanol–water partition coefficient (Wildman–Crippen LogP) is 1.95. The average molecular weight is 606 g/mol. The Morgan fingerprint density at radius 2 is 1.87 bits per heavy atom. The molecule has 2 unspecified atom stereocenters. The molecular weight excluding hydrogens is 574 g/mol. The van der Waals surface area contributed by atoms with Gasteiger partial charge in [0.1, 0.15) is 11.5 Å². The number of carbonyl (C=O) groups excluding carboxylic acids is 2. The molecule has 210 valence electrons. The highest BCUT2D eigenvalue weighted by atomic mass is 79.9. The maximum absolute atomic E-state index is 12.7. The van der Waals surface area contributed by atoms with E-state index < -0.39 is 42.9 Å². The van der Waals surface area contributed by atoms with Gasteiger partial charge in [0, 0.05) is 29.4 Å². The number of hydrogen-bond donors (Lipinski definition) is 8. The molecule has 2 atom stereocenters. The third-order valence-electron chi connectivity index (χ3n) is 5.87. The van der Waals surface area contributed by atoms with Gasteiger partial charge in [0.2, 0.25) is 5.91 Å². The molecule has 12 nitrogen and oxygen atoms in total. The average Bonchev–Trinajstić information content (AvgIpc) is 2.84. The van der Waals surface area contributed by atoms with Crippen LogP contribution in [-0.2, 0) is 15.0 Å². The summed E-state index contributed by atoms with van der Waals surface area (Å²) in [6, 6.07) is 6.37. The zero-order chi connectivity index (χ0) is 28.9. The van der Waals surface area contributed by atoms with Gasteiger partial charge >= 0.3 is 5.97 Å². The molecule has 3 rings (SSSR count). The van der Waals surface area contributed by atoms with E-state index in [9.17, 15) is 34.8 Å². The van der Waals surface area contributed by atoms with Gasteiger partial charge in [-0.25, -0.2) is 0 Å². The molecule has 2 amide bonds. The second kappa shape index (κ2) is 12.3. The SMILES string of the molecule is CC(C)(C)c1cc(Br)c(O)c(C(CC(=O)O)NC(=O)CNC(=O)c2cc(O)cc(NC3=NCC(O)CN3)c2)c1. The second-order valence-electron chi connectivity index (χ2n) is 10.2. The highest BCUT2D eigenvalue weighted by Gasteiger charge is 2.26. The number of β-amino-alcohol motifs (C(OH)–C–C–N with tert-alkyl or cyclic N) is 1. The number of hydrogen-bond acceptors (Lipinski definition) is 9. The molecule has 0 spiro atoms. The van der Waals surface area contributed by atoms with Crippen LogP contribution in [0.4, 0.5) is 5.69 Å². The molecule has 0 saturated heterocycles. The van der Waals surface area contributed by atoms with E-state index in [0.29, 0.717) is 22.7 Å². The number of aliphatic hydroxyl groups excluding tert-OH is 1. The van der Waals surface area contributed by atoms with Crippen molar-refractivity contribution in [1.29, 1.82) is 0 Å². The number of amides is 2. The number of halogens is 1. The highest BCUT2D eigenvalue weighted by Crippen LogP contribution is 2.38. The number of carboxylic acid groups (broad SMARTS) is 1. The van der Waals surface area contributed by atoms with Crippen LogP contribution in [0.3, 0.4) is 0 Å². The van der Waals surface area contributed by atoms with Crippen LogP contribution in [0.2, 0.25) is 0 Å². The lowest BCUT2D eigenvalue weighted by atomic mass is 9.85. The minimum atomic E-state index is -1.19. The number of aliphatic imine (C=N–C) groups is 1. The van der Waals surface area contributed by atoms with Crippen molar-refractivity contribution >= 4 is 45.4 Å². The van der Waals surface area contributed by atoms with Crippen LogP contribution in [0.1, 0.15) is 54.7 Å². The fourth-order valence-electron chi connectivity index (χ4n) is 3.81. The lowest BCUT2D eigenvalue weighted by molar-refractivity contribution is -0.137. The first-order chi connectivity index (χ1) is 18.2. The van der Waals surface area contributed by atoms with Crippen LogP contribution in [-0.4, -0.2) is 69.9 Å². The number of aliphatic hydroxyl groups is 1. The molecule has 13 heteroatoms. The third kappa shape index (κ3) is 8.32. The van der Waals surface area contributed by atoms with E-state index in [1.807, 2.05) is 20.8 Å². The zero-order valence-corrected chi connectivity index (χ0v) is 23.3. The molecule has 0 fully saturated rings. The number of nitrogens with zero attached hydrogens (tertiary/aromatic N) is 1. The van der Waals surface area contributed by atoms with Crippen molar-refractivity contribution in [2.75, 3.05) is 25.0 Å². The number of nitrogens with one attached hydrogen (secondary N) is 4. The minimum Gasteiger partial charge on any atom is -0.508 e. The number of aliphatic carboxylic acids is 1. The molecule has 1 heterocycles. The number of phenolic OH excluding ortho intramolecular Hbond substituents is 2. The molecule has 0 radical (unpaired) electrons. The monoisotopic (exact) mass is 605 g/mol. The number of carbonyl (C=O) groups is 3. The van der Waals surface area contributed by atoms with E-state index >= 15 is 0 Å². The zero-order valence-electron chi connectivity index (χ0n) is 21.7. The number of phenols is 2. The fourth-order valence-corrected chi connectivity index (χ4v) is 4.28.